The van der Waals surface area contributed by atoms with E-state index in [4.69, 9.17) is 0 Å². The van der Waals surface area contributed by atoms with E-state index in [2.05, 4.69) is 30.6 Å². The Morgan fingerprint density at radius 3 is 2.85 bits per heavy atom. The van der Waals surface area contributed by atoms with Crippen molar-refractivity contribution in [3.63, 3.8) is 0 Å². The molecular formula is C19H21N7O. The summed E-state index contributed by atoms with van der Waals surface area (Å²) in [5.74, 6) is 0.698. The maximum atomic E-state index is 10.3. The van der Waals surface area contributed by atoms with Gasteiger partial charge in [-0.3, -0.25) is 5.10 Å². The molecule has 3 aromatic heterocycles. The number of nitrogens with zero attached hydrogens (tertiary/aromatic N) is 5. The molecule has 0 aliphatic heterocycles. The van der Waals surface area contributed by atoms with E-state index >= 15 is 0 Å². The van der Waals surface area contributed by atoms with E-state index in [1.165, 1.54) is 6.33 Å². The minimum atomic E-state index is -0.609. The van der Waals surface area contributed by atoms with E-state index < -0.39 is 6.10 Å². The molecule has 4 aromatic rings. The van der Waals surface area contributed by atoms with Gasteiger partial charge in [0, 0.05) is 35.3 Å². The van der Waals surface area contributed by atoms with Gasteiger partial charge in [0.05, 0.1) is 18.0 Å². The summed E-state index contributed by atoms with van der Waals surface area (Å²) in [5, 5.41) is 25.7. The van der Waals surface area contributed by atoms with Crippen molar-refractivity contribution >= 4 is 11.0 Å². The third-order valence-corrected chi connectivity index (χ3v) is 4.31. The number of nitrogens with one attached hydrogen (secondary N) is 2. The molecule has 0 radical (unpaired) electrons. The maximum Gasteiger partial charge on any atom is 0.162 e. The van der Waals surface area contributed by atoms with E-state index in [0.29, 0.717) is 18.4 Å². The van der Waals surface area contributed by atoms with E-state index in [1.807, 2.05) is 44.2 Å². The lowest BCUT2D eigenvalue weighted by Gasteiger charge is -2.14. The molecule has 138 valence electrons. The molecule has 1 unspecified atom stereocenters. The largest absolute Gasteiger partial charge is 0.387 e. The first kappa shape index (κ1) is 17.3. The van der Waals surface area contributed by atoms with Crippen LogP contribution in [-0.4, -0.2) is 47.6 Å². The van der Waals surface area contributed by atoms with Gasteiger partial charge in [0.15, 0.2) is 11.5 Å². The van der Waals surface area contributed by atoms with Crippen LogP contribution < -0.4 is 5.32 Å². The van der Waals surface area contributed by atoms with Crippen molar-refractivity contribution in [1.29, 1.82) is 0 Å². The number of hydrogen-bond donors (Lipinski definition) is 3. The number of fused-ring (bicyclic) bond motifs is 1. The Morgan fingerprint density at radius 1 is 1.19 bits per heavy atom. The van der Waals surface area contributed by atoms with E-state index in [9.17, 15) is 5.11 Å². The topological polar surface area (TPSA) is 105 Å². The zero-order valence-electron chi connectivity index (χ0n) is 15.2. The zero-order chi connectivity index (χ0) is 18.8. The SMILES string of the molecule is CC(C)NCC(O)c1cnc2c(cnn2-c2cccc(-c3ncn[nH]3)c2)c1. The minimum Gasteiger partial charge on any atom is -0.387 e. The van der Waals surface area contributed by atoms with Crippen LogP contribution in [0.3, 0.4) is 0 Å². The molecule has 27 heavy (non-hydrogen) atoms. The van der Waals surface area contributed by atoms with Crippen molar-refractivity contribution < 1.29 is 5.11 Å². The Kier molecular flexibility index (Phi) is 4.66. The van der Waals surface area contributed by atoms with Crippen molar-refractivity contribution in [2.45, 2.75) is 26.0 Å². The molecule has 0 aliphatic rings. The monoisotopic (exact) mass is 363 g/mol. The van der Waals surface area contributed by atoms with Gasteiger partial charge in [-0.05, 0) is 18.2 Å². The third kappa shape index (κ3) is 3.57. The average Bonchev–Trinajstić information content (AvgIpc) is 3.35. The number of rotatable bonds is 6. The third-order valence-electron chi connectivity index (χ3n) is 4.31. The molecule has 8 nitrogen and oxygen atoms in total. The van der Waals surface area contributed by atoms with Gasteiger partial charge in [-0.25, -0.2) is 14.6 Å². The molecule has 3 N–H and O–H groups in total. The summed E-state index contributed by atoms with van der Waals surface area (Å²) in [7, 11) is 0. The lowest BCUT2D eigenvalue weighted by molar-refractivity contribution is 0.171. The second-order valence-corrected chi connectivity index (χ2v) is 6.70. The molecule has 0 bridgehead atoms. The van der Waals surface area contributed by atoms with Gasteiger partial charge in [-0.2, -0.15) is 10.2 Å². The van der Waals surface area contributed by atoms with Gasteiger partial charge in [0.25, 0.3) is 0 Å². The molecule has 0 spiro atoms. The lowest BCUT2D eigenvalue weighted by Crippen LogP contribution is -2.27. The molecule has 1 aromatic carbocycles. The molecule has 0 aliphatic carbocycles. The molecule has 3 heterocycles. The van der Waals surface area contributed by atoms with Crippen LogP contribution >= 0.6 is 0 Å². The molecule has 0 saturated carbocycles. The van der Waals surface area contributed by atoms with Crippen LogP contribution in [0.2, 0.25) is 0 Å². The number of hydrogen-bond acceptors (Lipinski definition) is 6. The van der Waals surface area contributed by atoms with E-state index in [1.54, 1.807) is 17.1 Å². The summed E-state index contributed by atoms with van der Waals surface area (Å²) in [5.41, 5.74) is 3.30. The standard InChI is InChI=1S/C19H21N7O/c1-12(2)20-10-17(27)14-6-15-9-24-26(19(15)21-8-14)16-5-3-4-13(7-16)18-22-11-23-25-18/h3-9,11-12,17,20,27H,10H2,1-2H3,(H,22,23,25). The predicted octanol–water partition coefficient (Wildman–Crippen LogP) is 2.24. The lowest BCUT2D eigenvalue weighted by atomic mass is 10.1. The molecule has 0 amide bonds. The molecule has 0 saturated heterocycles. The average molecular weight is 363 g/mol. The molecule has 4 rings (SSSR count). The highest BCUT2D eigenvalue weighted by Gasteiger charge is 2.13. The summed E-state index contributed by atoms with van der Waals surface area (Å²) < 4.78 is 1.78. The van der Waals surface area contributed by atoms with Crippen LogP contribution in [-0.2, 0) is 0 Å². The first-order valence-electron chi connectivity index (χ1n) is 8.83. The smallest absolute Gasteiger partial charge is 0.162 e. The summed E-state index contributed by atoms with van der Waals surface area (Å²) in [4.78, 5) is 8.72. The van der Waals surface area contributed by atoms with Crippen LogP contribution in [0, 0.1) is 0 Å². The van der Waals surface area contributed by atoms with Crippen molar-refractivity contribution in [2.75, 3.05) is 6.54 Å². The van der Waals surface area contributed by atoms with Gasteiger partial charge in [-0.1, -0.05) is 26.0 Å². The van der Waals surface area contributed by atoms with Crippen LogP contribution in [0.5, 0.6) is 0 Å². The zero-order valence-corrected chi connectivity index (χ0v) is 15.2. The second kappa shape index (κ2) is 7.26. The fraction of sp³-hybridized carbons (Fsp3) is 0.263. The number of aromatic nitrogens is 6. The summed E-state index contributed by atoms with van der Waals surface area (Å²) in [6.45, 7) is 4.58. The summed E-state index contributed by atoms with van der Waals surface area (Å²) in [6, 6.07) is 10.1. The van der Waals surface area contributed by atoms with Crippen LogP contribution in [0.25, 0.3) is 28.1 Å². The molecule has 0 fully saturated rings. The van der Waals surface area contributed by atoms with Crippen molar-refractivity contribution in [3.8, 4) is 17.1 Å². The van der Waals surface area contributed by atoms with Gasteiger partial charge < -0.3 is 10.4 Å². The normalized spacial score (nSPS) is 12.7. The van der Waals surface area contributed by atoms with E-state index in [-0.39, 0.29) is 0 Å². The molecule has 8 heteroatoms. The molecule has 1 atom stereocenters. The number of aromatic amines is 1. The van der Waals surface area contributed by atoms with Crippen LogP contribution in [0.15, 0.2) is 49.1 Å². The van der Waals surface area contributed by atoms with Gasteiger partial charge in [0.1, 0.15) is 6.33 Å². The minimum absolute atomic E-state index is 0.315. The first-order valence-corrected chi connectivity index (χ1v) is 8.83. The number of aliphatic hydroxyl groups excluding tert-OH is 1. The van der Waals surface area contributed by atoms with Crippen molar-refractivity contribution in [2.24, 2.45) is 0 Å². The van der Waals surface area contributed by atoms with Gasteiger partial charge in [0.2, 0.25) is 0 Å². The highest BCUT2D eigenvalue weighted by Crippen LogP contribution is 2.23. The number of benzene rings is 1. The quantitative estimate of drug-likeness (QED) is 0.485. The fourth-order valence-corrected chi connectivity index (χ4v) is 2.90. The van der Waals surface area contributed by atoms with Gasteiger partial charge >= 0.3 is 0 Å². The maximum absolute atomic E-state index is 10.3. The second-order valence-electron chi connectivity index (χ2n) is 6.70. The Morgan fingerprint density at radius 2 is 2.07 bits per heavy atom. The van der Waals surface area contributed by atoms with Gasteiger partial charge in [-0.15, -0.1) is 0 Å². The number of aliphatic hydroxyl groups is 1. The summed E-state index contributed by atoms with van der Waals surface area (Å²) in [6.07, 6.45) is 4.33. The van der Waals surface area contributed by atoms with E-state index in [0.717, 1.165) is 27.8 Å². The van der Waals surface area contributed by atoms with Crippen molar-refractivity contribution in [3.05, 3.63) is 54.6 Å². The Bertz CT molecular complexity index is 1040. The molecular weight excluding hydrogens is 342 g/mol. The summed E-state index contributed by atoms with van der Waals surface area (Å²) >= 11 is 0. The van der Waals surface area contributed by atoms with Crippen LogP contribution in [0.1, 0.15) is 25.5 Å². The number of pyridine rings is 1. The fourth-order valence-electron chi connectivity index (χ4n) is 2.90. The highest BCUT2D eigenvalue weighted by molar-refractivity contribution is 5.77. The van der Waals surface area contributed by atoms with Crippen LogP contribution in [0.4, 0.5) is 0 Å². The number of H-pyrrole nitrogens is 1. The predicted molar refractivity (Wildman–Crippen MR) is 102 cm³/mol. The van der Waals surface area contributed by atoms with Crippen molar-refractivity contribution in [1.82, 2.24) is 35.3 Å². The highest BCUT2D eigenvalue weighted by atomic mass is 16.3. The Balaban J connectivity index is 1.65. The first-order chi connectivity index (χ1) is 13.1. The Hall–Kier alpha value is -3.10. The Labute approximate surface area is 156 Å².